The molecule has 1 atom stereocenters. The van der Waals surface area contributed by atoms with Crippen molar-refractivity contribution in [3.8, 4) is 5.75 Å². The van der Waals surface area contributed by atoms with Crippen molar-refractivity contribution in [3.05, 3.63) is 23.8 Å². The van der Waals surface area contributed by atoms with Crippen LogP contribution in [0.2, 0.25) is 0 Å². The molecule has 106 valence electrons. The predicted octanol–water partition coefficient (Wildman–Crippen LogP) is 2.99. The summed E-state index contributed by atoms with van der Waals surface area (Å²) in [6.45, 7) is 7.79. The lowest BCUT2D eigenvalue weighted by Crippen LogP contribution is -2.51. The van der Waals surface area contributed by atoms with Crippen molar-refractivity contribution in [2.45, 2.75) is 39.2 Å². The van der Waals surface area contributed by atoms with Gasteiger partial charge >= 0.3 is 0 Å². The first-order chi connectivity index (χ1) is 8.97. The molecule has 1 saturated heterocycles. The average Bonchev–Trinajstić information content (AvgIpc) is 2.38. The van der Waals surface area contributed by atoms with Gasteiger partial charge in [0, 0.05) is 18.7 Å². The van der Waals surface area contributed by atoms with Crippen LogP contribution in [0.3, 0.4) is 0 Å². The molecular formula is C16H25NO2. The minimum Gasteiger partial charge on any atom is -0.495 e. The van der Waals surface area contributed by atoms with E-state index in [0.29, 0.717) is 5.92 Å². The zero-order valence-electron chi connectivity index (χ0n) is 12.4. The summed E-state index contributed by atoms with van der Waals surface area (Å²) in [5.74, 6) is 1.27. The van der Waals surface area contributed by atoms with Gasteiger partial charge in [-0.1, -0.05) is 6.07 Å². The van der Waals surface area contributed by atoms with Gasteiger partial charge in [-0.15, -0.1) is 0 Å². The fourth-order valence-corrected chi connectivity index (χ4v) is 2.87. The van der Waals surface area contributed by atoms with Gasteiger partial charge in [0.1, 0.15) is 5.75 Å². The van der Waals surface area contributed by atoms with Crippen LogP contribution >= 0.6 is 0 Å². The standard InChI is InChI=1S/C16H25NO2/c1-12-5-6-15(19-4)14(9-12)17-10-13(11-18)7-8-16(17,2)3/h5-6,9,13,18H,7-8,10-11H2,1-4H3. The number of aryl methyl sites for hydroxylation is 1. The van der Waals surface area contributed by atoms with Crippen LogP contribution in [-0.4, -0.2) is 30.9 Å². The molecule has 0 amide bonds. The first-order valence-corrected chi connectivity index (χ1v) is 7.01. The molecule has 3 heteroatoms. The Balaban J connectivity index is 2.39. The van der Waals surface area contributed by atoms with Crippen LogP contribution in [0, 0.1) is 12.8 Å². The van der Waals surface area contributed by atoms with E-state index in [4.69, 9.17) is 4.74 Å². The number of hydrogen-bond donors (Lipinski definition) is 1. The minimum atomic E-state index is 0.104. The SMILES string of the molecule is COc1ccc(C)cc1N1CC(CO)CCC1(C)C. The van der Waals surface area contributed by atoms with E-state index >= 15 is 0 Å². The number of methoxy groups -OCH3 is 1. The van der Waals surface area contributed by atoms with Crippen molar-refractivity contribution in [2.75, 3.05) is 25.2 Å². The van der Waals surface area contributed by atoms with Gasteiger partial charge in [0.2, 0.25) is 0 Å². The largest absolute Gasteiger partial charge is 0.495 e. The van der Waals surface area contributed by atoms with E-state index in [9.17, 15) is 5.11 Å². The molecule has 1 fully saturated rings. The molecule has 19 heavy (non-hydrogen) atoms. The Morgan fingerprint density at radius 1 is 1.42 bits per heavy atom. The molecule has 0 aromatic heterocycles. The number of benzene rings is 1. The number of aliphatic hydroxyl groups is 1. The number of nitrogens with zero attached hydrogens (tertiary/aromatic N) is 1. The van der Waals surface area contributed by atoms with E-state index in [1.165, 1.54) is 5.56 Å². The highest BCUT2D eigenvalue weighted by atomic mass is 16.5. The third-order valence-corrected chi connectivity index (χ3v) is 4.22. The van der Waals surface area contributed by atoms with Gasteiger partial charge < -0.3 is 14.7 Å². The lowest BCUT2D eigenvalue weighted by molar-refractivity contribution is 0.180. The highest BCUT2D eigenvalue weighted by Crippen LogP contribution is 2.39. The van der Waals surface area contributed by atoms with Crippen LogP contribution in [-0.2, 0) is 0 Å². The average molecular weight is 263 g/mol. The van der Waals surface area contributed by atoms with Crippen LogP contribution in [0.15, 0.2) is 18.2 Å². The topological polar surface area (TPSA) is 32.7 Å². The number of ether oxygens (including phenoxy) is 1. The normalized spacial score (nSPS) is 22.4. The van der Waals surface area contributed by atoms with Gasteiger partial charge in [-0.2, -0.15) is 0 Å². The molecular weight excluding hydrogens is 238 g/mol. The second kappa shape index (κ2) is 5.41. The number of piperidine rings is 1. The number of hydrogen-bond acceptors (Lipinski definition) is 3. The third-order valence-electron chi connectivity index (χ3n) is 4.22. The zero-order chi connectivity index (χ0) is 14.0. The predicted molar refractivity (Wildman–Crippen MR) is 79.0 cm³/mol. The lowest BCUT2D eigenvalue weighted by atomic mass is 9.84. The maximum absolute atomic E-state index is 9.45. The molecule has 1 aromatic rings. The number of rotatable bonds is 3. The van der Waals surface area contributed by atoms with Crippen molar-refractivity contribution >= 4 is 5.69 Å². The highest BCUT2D eigenvalue weighted by molar-refractivity contribution is 5.62. The molecule has 1 N–H and O–H groups in total. The van der Waals surface area contributed by atoms with Crippen molar-refractivity contribution in [2.24, 2.45) is 5.92 Å². The number of aliphatic hydroxyl groups excluding tert-OH is 1. The fraction of sp³-hybridized carbons (Fsp3) is 0.625. The molecule has 1 aromatic carbocycles. The first kappa shape index (κ1) is 14.2. The molecule has 0 saturated carbocycles. The van der Waals surface area contributed by atoms with Gasteiger partial charge in [0.25, 0.3) is 0 Å². The Morgan fingerprint density at radius 3 is 2.79 bits per heavy atom. The van der Waals surface area contributed by atoms with Crippen LogP contribution in [0.1, 0.15) is 32.3 Å². The van der Waals surface area contributed by atoms with Crippen molar-refractivity contribution in [3.63, 3.8) is 0 Å². The van der Waals surface area contributed by atoms with Gasteiger partial charge in [-0.05, 0) is 57.2 Å². The van der Waals surface area contributed by atoms with Gasteiger partial charge in [-0.3, -0.25) is 0 Å². The molecule has 0 radical (unpaired) electrons. The molecule has 3 nitrogen and oxygen atoms in total. The van der Waals surface area contributed by atoms with Crippen LogP contribution in [0.4, 0.5) is 5.69 Å². The van der Waals surface area contributed by atoms with E-state index in [0.717, 1.165) is 30.8 Å². The Kier molecular flexibility index (Phi) is 4.04. The van der Waals surface area contributed by atoms with E-state index in [-0.39, 0.29) is 12.1 Å². The van der Waals surface area contributed by atoms with Gasteiger partial charge in [0.05, 0.1) is 12.8 Å². The first-order valence-electron chi connectivity index (χ1n) is 7.01. The summed E-state index contributed by atoms with van der Waals surface area (Å²) < 4.78 is 5.51. The summed E-state index contributed by atoms with van der Waals surface area (Å²) in [7, 11) is 1.72. The second-order valence-corrected chi connectivity index (χ2v) is 6.19. The van der Waals surface area contributed by atoms with Gasteiger partial charge in [-0.25, -0.2) is 0 Å². The summed E-state index contributed by atoms with van der Waals surface area (Å²) in [5.41, 5.74) is 2.48. The highest BCUT2D eigenvalue weighted by Gasteiger charge is 2.35. The van der Waals surface area contributed by atoms with E-state index in [1.54, 1.807) is 7.11 Å². The lowest BCUT2D eigenvalue weighted by Gasteiger charge is -2.47. The van der Waals surface area contributed by atoms with E-state index < -0.39 is 0 Å². The second-order valence-electron chi connectivity index (χ2n) is 6.19. The summed E-state index contributed by atoms with van der Waals surface area (Å²) in [5, 5.41) is 9.45. The molecule has 0 aliphatic carbocycles. The smallest absolute Gasteiger partial charge is 0.142 e. The molecule has 1 aliphatic rings. The molecule has 2 rings (SSSR count). The zero-order valence-corrected chi connectivity index (χ0v) is 12.4. The molecule has 0 spiro atoms. The van der Waals surface area contributed by atoms with Crippen LogP contribution < -0.4 is 9.64 Å². The Hall–Kier alpha value is -1.22. The van der Waals surface area contributed by atoms with Crippen LogP contribution in [0.25, 0.3) is 0 Å². The maximum atomic E-state index is 9.45. The monoisotopic (exact) mass is 263 g/mol. The van der Waals surface area contributed by atoms with Crippen LogP contribution in [0.5, 0.6) is 5.75 Å². The molecule has 1 unspecified atom stereocenters. The molecule has 1 aliphatic heterocycles. The summed E-state index contributed by atoms with van der Waals surface area (Å²) >= 11 is 0. The quantitative estimate of drug-likeness (QED) is 0.910. The maximum Gasteiger partial charge on any atom is 0.142 e. The Bertz CT molecular complexity index is 442. The van der Waals surface area contributed by atoms with Crippen molar-refractivity contribution in [1.82, 2.24) is 0 Å². The van der Waals surface area contributed by atoms with Crippen molar-refractivity contribution in [1.29, 1.82) is 0 Å². The summed E-state index contributed by atoms with van der Waals surface area (Å²) in [4.78, 5) is 2.39. The van der Waals surface area contributed by atoms with E-state index in [2.05, 4.69) is 37.8 Å². The third kappa shape index (κ3) is 2.86. The number of anilines is 1. The summed E-state index contributed by atoms with van der Waals surface area (Å²) in [6, 6.07) is 6.28. The Morgan fingerprint density at radius 2 is 2.16 bits per heavy atom. The minimum absolute atomic E-state index is 0.104. The Labute approximate surface area is 116 Å². The molecule has 1 heterocycles. The van der Waals surface area contributed by atoms with Gasteiger partial charge in [0.15, 0.2) is 0 Å². The summed E-state index contributed by atoms with van der Waals surface area (Å²) in [6.07, 6.45) is 2.18. The fourth-order valence-electron chi connectivity index (χ4n) is 2.87. The van der Waals surface area contributed by atoms with Crippen molar-refractivity contribution < 1.29 is 9.84 Å². The molecule has 0 bridgehead atoms. The van der Waals surface area contributed by atoms with E-state index in [1.807, 2.05) is 6.07 Å².